The van der Waals surface area contributed by atoms with Gasteiger partial charge in [0.1, 0.15) is 0 Å². The normalized spacial score (nSPS) is 28.3. The first kappa shape index (κ1) is 7.58. The number of esters is 1. The van der Waals surface area contributed by atoms with Crippen molar-refractivity contribution < 1.29 is 14.3 Å². The molecule has 0 radical (unpaired) electrons. The molecule has 1 aliphatic heterocycles. The van der Waals surface area contributed by atoms with E-state index in [0.29, 0.717) is 18.9 Å². The Morgan fingerprint density at radius 2 is 2.17 bits per heavy atom. The maximum absolute atomic E-state index is 11.3. The number of cyclic esters (lactones) is 1. The predicted molar refractivity (Wildman–Crippen MR) is 40.3 cm³/mol. The van der Waals surface area contributed by atoms with Crippen molar-refractivity contribution in [3.63, 3.8) is 0 Å². The van der Waals surface area contributed by atoms with Gasteiger partial charge in [0, 0.05) is 18.9 Å². The molecule has 2 fully saturated rings. The number of rotatable bonds is 2. The van der Waals surface area contributed by atoms with Crippen LogP contribution in [0.4, 0.5) is 0 Å². The van der Waals surface area contributed by atoms with Gasteiger partial charge >= 0.3 is 5.97 Å². The molecule has 1 aliphatic carbocycles. The van der Waals surface area contributed by atoms with E-state index in [1.807, 2.05) is 0 Å². The minimum absolute atomic E-state index is 0.122. The van der Waals surface area contributed by atoms with Crippen molar-refractivity contribution in [3.05, 3.63) is 0 Å². The summed E-state index contributed by atoms with van der Waals surface area (Å²) in [6, 6.07) is 0.344. The Bertz CT molecular complexity index is 222. The van der Waals surface area contributed by atoms with Crippen molar-refractivity contribution in [1.82, 2.24) is 5.32 Å². The first-order valence-electron chi connectivity index (χ1n) is 4.25. The second-order valence-corrected chi connectivity index (χ2v) is 3.30. The lowest BCUT2D eigenvalue weighted by atomic mass is 10.2. The summed E-state index contributed by atoms with van der Waals surface area (Å²) >= 11 is 0. The molecule has 2 rings (SSSR count). The van der Waals surface area contributed by atoms with E-state index in [4.69, 9.17) is 4.74 Å². The summed E-state index contributed by atoms with van der Waals surface area (Å²) in [5.74, 6) is -0.380. The van der Waals surface area contributed by atoms with Crippen LogP contribution >= 0.6 is 0 Å². The molecule has 4 nitrogen and oxygen atoms in total. The number of ether oxygens (including phenoxy) is 1. The minimum atomic E-state index is -0.516. The van der Waals surface area contributed by atoms with Crippen LogP contribution in [0.3, 0.4) is 0 Å². The fourth-order valence-electron chi connectivity index (χ4n) is 1.23. The van der Waals surface area contributed by atoms with E-state index in [9.17, 15) is 9.59 Å². The van der Waals surface area contributed by atoms with E-state index >= 15 is 0 Å². The number of carbonyl (C=O) groups excluding carboxylic acids is 2. The van der Waals surface area contributed by atoms with Crippen LogP contribution in [0.25, 0.3) is 0 Å². The van der Waals surface area contributed by atoms with Gasteiger partial charge in [-0.1, -0.05) is 0 Å². The van der Waals surface area contributed by atoms with Crippen LogP contribution < -0.4 is 5.32 Å². The van der Waals surface area contributed by atoms with Gasteiger partial charge in [0.25, 0.3) is 5.91 Å². The van der Waals surface area contributed by atoms with E-state index in [2.05, 4.69) is 5.32 Å². The first-order valence-corrected chi connectivity index (χ1v) is 4.25. The highest BCUT2D eigenvalue weighted by molar-refractivity contribution is 5.86. The van der Waals surface area contributed by atoms with Crippen molar-refractivity contribution in [2.24, 2.45) is 0 Å². The molecular formula is C8H11NO3. The summed E-state index contributed by atoms with van der Waals surface area (Å²) in [6.45, 7) is 0. The Kier molecular flexibility index (Phi) is 1.75. The minimum Gasteiger partial charge on any atom is -0.452 e. The van der Waals surface area contributed by atoms with Crippen LogP contribution in [0.15, 0.2) is 0 Å². The number of carbonyl (C=O) groups is 2. The zero-order chi connectivity index (χ0) is 8.55. The van der Waals surface area contributed by atoms with Gasteiger partial charge in [-0.2, -0.15) is 0 Å². The summed E-state index contributed by atoms with van der Waals surface area (Å²) < 4.78 is 4.80. The van der Waals surface area contributed by atoms with Gasteiger partial charge in [-0.25, -0.2) is 0 Å². The standard InChI is InChI=1S/C8H11NO3/c10-7-4-3-6(12-7)8(11)9-5-1-2-5/h5-6H,1-4H2,(H,9,11). The molecule has 4 heteroatoms. The van der Waals surface area contributed by atoms with Gasteiger partial charge in [-0.15, -0.1) is 0 Å². The molecule has 1 saturated heterocycles. The van der Waals surface area contributed by atoms with Gasteiger partial charge in [-0.05, 0) is 12.8 Å². The van der Waals surface area contributed by atoms with Crippen LogP contribution in [0.2, 0.25) is 0 Å². The Balaban J connectivity index is 1.82. The highest BCUT2D eigenvalue weighted by atomic mass is 16.6. The number of hydrogen-bond donors (Lipinski definition) is 1. The van der Waals surface area contributed by atoms with Crippen LogP contribution in [0.1, 0.15) is 25.7 Å². The lowest BCUT2D eigenvalue weighted by Crippen LogP contribution is -2.35. The quantitative estimate of drug-likeness (QED) is 0.590. The fourth-order valence-corrected chi connectivity index (χ4v) is 1.23. The summed E-state index contributed by atoms with van der Waals surface area (Å²) in [7, 11) is 0. The second-order valence-electron chi connectivity index (χ2n) is 3.30. The smallest absolute Gasteiger partial charge is 0.306 e. The van der Waals surface area contributed by atoms with E-state index in [0.717, 1.165) is 12.8 Å². The lowest BCUT2D eigenvalue weighted by molar-refractivity contribution is -0.148. The van der Waals surface area contributed by atoms with Gasteiger partial charge in [0.15, 0.2) is 6.10 Å². The van der Waals surface area contributed by atoms with Crippen molar-refractivity contribution in [3.8, 4) is 0 Å². The van der Waals surface area contributed by atoms with Crippen LogP contribution in [-0.4, -0.2) is 24.0 Å². The average Bonchev–Trinajstić information content (AvgIpc) is 2.72. The topological polar surface area (TPSA) is 55.4 Å². The molecule has 0 aromatic rings. The lowest BCUT2D eigenvalue weighted by Gasteiger charge is -2.08. The van der Waals surface area contributed by atoms with Gasteiger partial charge in [0.05, 0.1) is 0 Å². The highest BCUT2D eigenvalue weighted by Crippen LogP contribution is 2.20. The van der Waals surface area contributed by atoms with Crippen LogP contribution in [0.5, 0.6) is 0 Å². The molecule has 0 aromatic carbocycles. The molecule has 12 heavy (non-hydrogen) atoms. The zero-order valence-electron chi connectivity index (χ0n) is 6.71. The van der Waals surface area contributed by atoms with Crippen LogP contribution in [0, 0.1) is 0 Å². The van der Waals surface area contributed by atoms with Crippen molar-refractivity contribution in [1.29, 1.82) is 0 Å². The fraction of sp³-hybridized carbons (Fsp3) is 0.750. The molecule has 1 N–H and O–H groups in total. The molecule has 0 spiro atoms. The molecule has 0 aromatic heterocycles. The first-order chi connectivity index (χ1) is 5.75. The van der Waals surface area contributed by atoms with Crippen LogP contribution in [-0.2, 0) is 14.3 Å². The largest absolute Gasteiger partial charge is 0.452 e. The number of nitrogens with one attached hydrogen (secondary N) is 1. The average molecular weight is 169 g/mol. The second kappa shape index (κ2) is 2.77. The van der Waals surface area contributed by atoms with Gasteiger partial charge < -0.3 is 10.1 Å². The predicted octanol–water partition coefficient (Wildman–Crippen LogP) is -0.0294. The molecule has 1 atom stereocenters. The highest BCUT2D eigenvalue weighted by Gasteiger charge is 2.33. The molecule has 2 aliphatic rings. The van der Waals surface area contributed by atoms with E-state index in [1.165, 1.54) is 0 Å². The summed E-state index contributed by atoms with van der Waals surface area (Å²) in [6.07, 6.45) is 2.52. The molecule has 1 heterocycles. The van der Waals surface area contributed by atoms with E-state index in [1.54, 1.807) is 0 Å². The van der Waals surface area contributed by atoms with Crippen molar-refractivity contribution in [2.75, 3.05) is 0 Å². The third-order valence-corrected chi connectivity index (χ3v) is 2.10. The van der Waals surface area contributed by atoms with Crippen molar-refractivity contribution in [2.45, 2.75) is 37.8 Å². The maximum Gasteiger partial charge on any atom is 0.306 e. The summed E-state index contributed by atoms with van der Waals surface area (Å²) in [5, 5.41) is 2.80. The van der Waals surface area contributed by atoms with Crippen molar-refractivity contribution >= 4 is 11.9 Å². The number of amides is 1. The number of hydrogen-bond acceptors (Lipinski definition) is 3. The molecule has 0 bridgehead atoms. The molecule has 66 valence electrons. The Morgan fingerprint density at radius 1 is 1.42 bits per heavy atom. The third kappa shape index (κ3) is 1.57. The molecule has 1 saturated carbocycles. The molecule has 1 amide bonds. The SMILES string of the molecule is O=C1CCC(C(=O)NC2CC2)O1. The third-order valence-electron chi connectivity index (χ3n) is 2.10. The van der Waals surface area contributed by atoms with Gasteiger partial charge in [-0.3, -0.25) is 9.59 Å². The summed E-state index contributed by atoms with van der Waals surface area (Å²) in [5.41, 5.74) is 0. The van der Waals surface area contributed by atoms with E-state index < -0.39 is 6.10 Å². The Morgan fingerprint density at radius 3 is 2.67 bits per heavy atom. The Hall–Kier alpha value is -1.06. The molecular weight excluding hydrogens is 158 g/mol. The summed E-state index contributed by atoms with van der Waals surface area (Å²) in [4.78, 5) is 21.9. The maximum atomic E-state index is 11.3. The molecule has 1 unspecified atom stereocenters. The monoisotopic (exact) mass is 169 g/mol. The zero-order valence-corrected chi connectivity index (χ0v) is 6.71. The Labute approximate surface area is 70.3 Å². The van der Waals surface area contributed by atoms with Gasteiger partial charge in [0.2, 0.25) is 0 Å². The van der Waals surface area contributed by atoms with E-state index in [-0.39, 0.29) is 11.9 Å².